The van der Waals surface area contributed by atoms with Gasteiger partial charge in [0.2, 0.25) is 0 Å². The van der Waals surface area contributed by atoms with E-state index in [2.05, 4.69) is 6.07 Å². The Balaban J connectivity index is 1.51. The van der Waals surface area contributed by atoms with Crippen molar-refractivity contribution in [3.63, 3.8) is 0 Å². The smallest absolute Gasteiger partial charge is 0.184 e. The summed E-state index contributed by atoms with van der Waals surface area (Å²) in [6.45, 7) is 3.10. The largest absolute Gasteiger partial charge is 0.504 e. The molecule has 4 bridgehead atoms. The maximum absolute atomic E-state index is 12.9. The van der Waals surface area contributed by atoms with E-state index < -0.39 is 6.10 Å². The van der Waals surface area contributed by atoms with Crippen LogP contribution in [-0.2, 0) is 21.4 Å². The lowest BCUT2D eigenvalue weighted by Gasteiger charge is -2.60. The summed E-state index contributed by atoms with van der Waals surface area (Å²) in [6.07, 6.45) is 5.54. The molecular weight excluding hydrogens is 330 g/mol. The van der Waals surface area contributed by atoms with Crippen molar-refractivity contribution in [2.45, 2.75) is 61.7 Å². The molecule has 2 saturated carbocycles. The average Bonchev–Trinajstić information content (AvgIpc) is 3.32. The van der Waals surface area contributed by atoms with Gasteiger partial charge in [-0.3, -0.25) is 9.28 Å². The zero-order valence-corrected chi connectivity index (χ0v) is 14.9. The minimum absolute atomic E-state index is 0.177. The lowest BCUT2D eigenvalue weighted by molar-refractivity contribution is -0.953. The Morgan fingerprint density at radius 2 is 2.15 bits per heavy atom. The fourth-order valence-electron chi connectivity index (χ4n) is 7.45. The van der Waals surface area contributed by atoms with Crippen molar-refractivity contribution < 1.29 is 23.9 Å². The Morgan fingerprint density at radius 1 is 1.27 bits per heavy atom. The Labute approximate surface area is 152 Å². The van der Waals surface area contributed by atoms with Crippen molar-refractivity contribution in [2.75, 3.05) is 19.8 Å². The van der Waals surface area contributed by atoms with Gasteiger partial charge in [-0.1, -0.05) is 6.07 Å². The second-order valence-electron chi connectivity index (χ2n) is 9.58. The molecule has 5 nitrogen and oxygen atoms in total. The number of hydrogen-bond acceptors (Lipinski definition) is 4. The molecule has 2 spiro atoms. The van der Waals surface area contributed by atoms with Gasteiger partial charge in [-0.05, 0) is 30.9 Å². The third-order valence-corrected chi connectivity index (χ3v) is 8.61. The first-order valence-corrected chi connectivity index (χ1v) is 10.1. The van der Waals surface area contributed by atoms with E-state index in [4.69, 9.17) is 9.47 Å². The molecule has 1 N–H and O–H groups in total. The predicted molar refractivity (Wildman–Crippen MR) is 92.0 cm³/mol. The van der Waals surface area contributed by atoms with Crippen LogP contribution in [0.1, 0.15) is 43.2 Å². The number of nitrogens with zero attached hydrogens (tertiary/aromatic N) is 1. The molecule has 4 fully saturated rings. The normalized spacial score (nSPS) is 46.8. The van der Waals surface area contributed by atoms with Gasteiger partial charge >= 0.3 is 0 Å². The van der Waals surface area contributed by atoms with Crippen LogP contribution in [-0.4, -0.2) is 52.9 Å². The Bertz CT molecular complexity index is 879. The molecule has 1 aromatic rings. The summed E-state index contributed by atoms with van der Waals surface area (Å²) >= 11 is 0. The van der Waals surface area contributed by atoms with Crippen LogP contribution in [0.15, 0.2) is 12.1 Å². The van der Waals surface area contributed by atoms with Crippen LogP contribution in [0.25, 0.3) is 0 Å². The Morgan fingerprint density at radius 3 is 3.00 bits per heavy atom. The molecule has 3 heterocycles. The number of piperidine rings is 1. The van der Waals surface area contributed by atoms with Gasteiger partial charge in [0.1, 0.15) is 11.6 Å². The molecule has 1 aromatic carbocycles. The summed E-state index contributed by atoms with van der Waals surface area (Å²) in [5, 5.41) is 10.5. The second-order valence-corrected chi connectivity index (χ2v) is 9.58. The molecule has 0 aromatic heterocycles. The predicted octanol–water partition coefficient (Wildman–Crippen LogP) is 2.04. The second kappa shape index (κ2) is 4.12. The van der Waals surface area contributed by atoms with Gasteiger partial charge in [-0.15, -0.1) is 0 Å². The molecule has 6 aliphatic rings. The molecule has 5 atom stereocenters. The molecule has 136 valence electrons. The monoisotopic (exact) mass is 354 g/mol. The number of carbonyl (C=O) groups is 1. The maximum atomic E-state index is 12.9. The molecule has 3 aliphatic carbocycles. The number of benzene rings is 1. The number of rotatable bonds is 2. The molecule has 0 unspecified atom stereocenters. The minimum atomic E-state index is -0.470. The summed E-state index contributed by atoms with van der Waals surface area (Å²) in [5.74, 6) is 1.80. The van der Waals surface area contributed by atoms with E-state index in [0.29, 0.717) is 18.2 Å². The van der Waals surface area contributed by atoms with Gasteiger partial charge in [0.05, 0.1) is 18.5 Å². The van der Waals surface area contributed by atoms with Gasteiger partial charge in [0, 0.05) is 30.7 Å². The third-order valence-electron chi connectivity index (χ3n) is 8.61. The highest BCUT2D eigenvalue weighted by Gasteiger charge is 2.81. The number of ketones is 1. The molecule has 2 saturated heterocycles. The van der Waals surface area contributed by atoms with E-state index in [-0.39, 0.29) is 22.5 Å². The first-order chi connectivity index (χ1) is 12.6. The van der Waals surface area contributed by atoms with Crippen molar-refractivity contribution in [3.05, 3.63) is 23.3 Å². The van der Waals surface area contributed by atoms with E-state index in [1.807, 2.05) is 0 Å². The standard InChI is InChI=1S/C21H23NO4/c23-14-4-3-13-9-16-21-6-5-15(24)19-20(21,17(13)18(14)26-19)7-8-22(16,11-25-21)10-12-1-2-12/h3-4,12,16,19H,1-2,5-11H2/p+1/t16-,19+,20+,21-,22-/m1/s1. The topological polar surface area (TPSA) is 55.8 Å². The van der Waals surface area contributed by atoms with Gasteiger partial charge in [0.15, 0.2) is 30.1 Å². The average molecular weight is 354 g/mol. The number of carbonyl (C=O) groups excluding carboxylic acids is 1. The number of quaternary nitrogens is 1. The van der Waals surface area contributed by atoms with E-state index in [1.54, 1.807) is 6.07 Å². The van der Waals surface area contributed by atoms with Crippen molar-refractivity contribution in [1.29, 1.82) is 0 Å². The fourth-order valence-corrected chi connectivity index (χ4v) is 7.45. The van der Waals surface area contributed by atoms with Crippen LogP contribution in [0.5, 0.6) is 11.5 Å². The molecule has 7 rings (SSSR count). The zero-order valence-electron chi connectivity index (χ0n) is 14.9. The van der Waals surface area contributed by atoms with Crippen LogP contribution in [0.3, 0.4) is 0 Å². The number of phenols is 1. The first-order valence-electron chi connectivity index (χ1n) is 10.1. The molecular formula is C21H24NO4+. The van der Waals surface area contributed by atoms with Gasteiger partial charge < -0.3 is 14.6 Å². The van der Waals surface area contributed by atoms with Crippen LogP contribution >= 0.6 is 0 Å². The van der Waals surface area contributed by atoms with Crippen molar-refractivity contribution in [2.24, 2.45) is 5.92 Å². The first kappa shape index (κ1) is 14.5. The highest BCUT2D eigenvalue weighted by atomic mass is 16.5. The van der Waals surface area contributed by atoms with Gasteiger partial charge in [0.25, 0.3) is 0 Å². The molecule has 3 aliphatic heterocycles. The summed E-state index contributed by atoms with van der Waals surface area (Å²) in [7, 11) is 0. The van der Waals surface area contributed by atoms with E-state index in [1.165, 1.54) is 24.9 Å². The molecule has 5 heteroatoms. The minimum Gasteiger partial charge on any atom is -0.504 e. The van der Waals surface area contributed by atoms with Crippen LogP contribution in [0, 0.1) is 5.92 Å². The van der Waals surface area contributed by atoms with Crippen LogP contribution in [0.2, 0.25) is 0 Å². The Hall–Kier alpha value is -1.59. The zero-order chi connectivity index (χ0) is 17.3. The highest BCUT2D eigenvalue weighted by molar-refractivity contribution is 5.90. The lowest BCUT2D eigenvalue weighted by Crippen LogP contribution is -2.77. The van der Waals surface area contributed by atoms with Crippen LogP contribution in [0.4, 0.5) is 0 Å². The summed E-state index contributed by atoms with van der Waals surface area (Å²) < 4.78 is 14.1. The van der Waals surface area contributed by atoms with Gasteiger partial charge in [-0.2, -0.15) is 0 Å². The van der Waals surface area contributed by atoms with E-state index in [0.717, 1.165) is 48.5 Å². The lowest BCUT2D eigenvalue weighted by atomic mass is 9.49. The summed E-state index contributed by atoms with van der Waals surface area (Å²) in [6, 6.07) is 4.25. The molecule has 26 heavy (non-hydrogen) atoms. The number of aromatic hydroxyl groups is 1. The number of phenolic OH excluding ortho intramolecular Hbond substituents is 1. The number of hydrogen-bond donors (Lipinski definition) is 1. The Kier molecular flexibility index (Phi) is 2.29. The van der Waals surface area contributed by atoms with E-state index in [9.17, 15) is 9.90 Å². The molecule has 0 amide bonds. The SMILES string of the molecule is O=C1CC[C@]23OC[N@+]4(CC5CC5)CC[C@@]25c2c(ccc(O)c2O[C@@H]15)C[C@H]34. The number of Topliss-reactive ketones (excluding diaryl/α,β-unsaturated/α-hetero) is 1. The fraction of sp³-hybridized carbons (Fsp3) is 0.667. The summed E-state index contributed by atoms with van der Waals surface area (Å²) in [5.41, 5.74) is 1.72. The van der Waals surface area contributed by atoms with Crippen LogP contribution < -0.4 is 4.74 Å². The highest BCUT2D eigenvalue weighted by Crippen LogP contribution is 2.69. The molecule has 0 radical (unpaired) electrons. The van der Waals surface area contributed by atoms with Gasteiger partial charge in [-0.25, -0.2) is 0 Å². The van der Waals surface area contributed by atoms with Crippen molar-refractivity contribution in [1.82, 2.24) is 0 Å². The van der Waals surface area contributed by atoms with Crippen molar-refractivity contribution >= 4 is 5.78 Å². The third kappa shape index (κ3) is 1.31. The van der Waals surface area contributed by atoms with E-state index >= 15 is 0 Å². The maximum Gasteiger partial charge on any atom is 0.184 e. The quantitative estimate of drug-likeness (QED) is 0.826. The van der Waals surface area contributed by atoms with Crippen molar-refractivity contribution in [3.8, 4) is 11.5 Å². The summed E-state index contributed by atoms with van der Waals surface area (Å²) in [4.78, 5) is 12.9. The number of ether oxygens (including phenoxy) is 2.